The first-order valence-electron chi connectivity index (χ1n) is 13.2. The number of rotatable bonds is 1. The van der Waals surface area contributed by atoms with Crippen LogP contribution in [0.15, 0.2) is 54.6 Å². The lowest BCUT2D eigenvalue weighted by molar-refractivity contribution is 0.119. The van der Waals surface area contributed by atoms with Gasteiger partial charge in [0.25, 0.3) is 0 Å². The van der Waals surface area contributed by atoms with E-state index in [4.69, 9.17) is 0 Å². The summed E-state index contributed by atoms with van der Waals surface area (Å²) in [5.74, 6) is 3.05. The number of hydrogen-bond donors (Lipinski definition) is 3. The molecular formula is C28H36BN3. The topological polar surface area (TPSA) is 36.1 Å². The van der Waals surface area contributed by atoms with E-state index in [1.165, 1.54) is 57.2 Å². The molecule has 4 heterocycles. The Morgan fingerprint density at radius 1 is 0.750 bits per heavy atom. The first-order chi connectivity index (χ1) is 15.9. The van der Waals surface area contributed by atoms with Crippen LogP contribution in [0.1, 0.15) is 37.7 Å². The van der Waals surface area contributed by atoms with Crippen LogP contribution in [-0.4, -0.2) is 45.0 Å². The molecular weight excluding hydrogens is 389 g/mol. The molecule has 4 heteroatoms. The quantitative estimate of drug-likeness (QED) is 0.614. The van der Waals surface area contributed by atoms with E-state index in [1.54, 1.807) is 11.0 Å². The van der Waals surface area contributed by atoms with Crippen molar-refractivity contribution in [1.29, 1.82) is 0 Å². The zero-order chi connectivity index (χ0) is 21.1. The summed E-state index contributed by atoms with van der Waals surface area (Å²) in [6.45, 7) is 5.21. The Bertz CT molecular complexity index is 956. The minimum absolute atomic E-state index is 0.227. The van der Waals surface area contributed by atoms with Gasteiger partial charge < -0.3 is 16.0 Å². The van der Waals surface area contributed by atoms with E-state index in [0.29, 0.717) is 24.6 Å². The first-order valence-corrected chi connectivity index (χ1v) is 13.2. The number of benzene rings is 2. The van der Waals surface area contributed by atoms with Gasteiger partial charge in [0, 0.05) is 17.5 Å². The van der Waals surface area contributed by atoms with Gasteiger partial charge >= 0.3 is 0 Å². The third-order valence-electron chi connectivity index (χ3n) is 10.1. The molecule has 1 aliphatic carbocycles. The summed E-state index contributed by atoms with van der Waals surface area (Å²) in [6, 6.07) is 22.3. The van der Waals surface area contributed by atoms with Gasteiger partial charge in [0.15, 0.2) is 0 Å². The Hall–Kier alpha value is -1.62. The third kappa shape index (κ3) is 2.61. The lowest BCUT2D eigenvalue weighted by Crippen LogP contribution is -2.71. The molecule has 1 saturated carbocycles. The maximum absolute atomic E-state index is 4.17. The zero-order valence-corrected chi connectivity index (χ0v) is 19.1. The van der Waals surface area contributed by atoms with Crippen LogP contribution in [0.3, 0.4) is 0 Å². The monoisotopic (exact) mass is 425 g/mol. The summed E-state index contributed by atoms with van der Waals surface area (Å²) in [4.78, 5) is 0. The predicted octanol–water partition coefficient (Wildman–Crippen LogP) is 2.28. The fraction of sp³-hybridized carbons (Fsp3) is 0.571. The van der Waals surface area contributed by atoms with Gasteiger partial charge in [0.2, 0.25) is 6.71 Å². The van der Waals surface area contributed by atoms with Crippen LogP contribution < -0.4 is 26.9 Å². The molecule has 3 saturated heterocycles. The SMILES string of the molecule is c1ccc(B2c3ccccc3C3(C4CCNCC24)C2NCCCC2C2CCCNC23)cc1. The van der Waals surface area contributed by atoms with Crippen LogP contribution >= 0.6 is 0 Å². The number of piperidine rings is 3. The summed E-state index contributed by atoms with van der Waals surface area (Å²) in [7, 11) is 0. The molecule has 4 aliphatic heterocycles. The van der Waals surface area contributed by atoms with Gasteiger partial charge in [0.1, 0.15) is 0 Å². The highest BCUT2D eigenvalue weighted by molar-refractivity contribution is 6.87. The van der Waals surface area contributed by atoms with Gasteiger partial charge in [0.05, 0.1) is 0 Å². The minimum atomic E-state index is 0.227. The van der Waals surface area contributed by atoms with E-state index in [9.17, 15) is 0 Å². The molecule has 32 heavy (non-hydrogen) atoms. The number of nitrogens with one attached hydrogen (secondary N) is 3. The molecule has 0 radical (unpaired) electrons. The molecule has 4 fully saturated rings. The smallest absolute Gasteiger partial charge is 0.214 e. The maximum Gasteiger partial charge on any atom is 0.214 e. The van der Waals surface area contributed by atoms with Gasteiger partial charge in [-0.05, 0) is 87.4 Å². The van der Waals surface area contributed by atoms with Crippen LogP contribution in [0.2, 0.25) is 5.82 Å². The Kier molecular flexibility index (Phi) is 4.78. The molecule has 166 valence electrons. The molecule has 6 atom stereocenters. The Morgan fingerprint density at radius 3 is 2.19 bits per heavy atom. The highest BCUT2D eigenvalue weighted by Crippen LogP contribution is 2.61. The second-order valence-electron chi connectivity index (χ2n) is 11.1. The Labute approximate surface area is 193 Å². The summed E-state index contributed by atoms with van der Waals surface area (Å²) < 4.78 is 0. The lowest BCUT2D eigenvalue weighted by Gasteiger charge is -2.58. The second kappa shape index (κ2) is 7.72. The average Bonchev–Trinajstić information content (AvgIpc) is 3.16. The third-order valence-corrected chi connectivity index (χ3v) is 10.1. The van der Waals surface area contributed by atoms with E-state index < -0.39 is 0 Å². The molecule has 3 N–H and O–H groups in total. The van der Waals surface area contributed by atoms with Gasteiger partial charge in [-0.25, -0.2) is 0 Å². The minimum Gasteiger partial charge on any atom is -0.317 e. The highest BCUT2D eigenvalue weighted by Gasteiger charge is 2.68. The molecule has 3 nitrogen and oxygen atoms in total. The van der Waals surface area contributed by atoms with Crippen molar-refractivity contribution in [2.75, 3.05) is 26.2 Å². The Balaban J connectivity index is 1.48. The number of hydrogen-bond acceptors (Lipinski definition) is 3. The molecule has 2 aromatic rings. The molecule has 5 aliphatic rings. The molecule has 0 aromatic heterocycles. The van der Waals surface area contributed by atoms with Crippen molar-refractivity contribution in [2.24, 2.45) is 17.8 Å². The van der Waals surface area contributed by atoms with Crippen molar-refractivity contribution < 1.29 is 0 Å². The van der Waals surface area contributed by atoms with Gasteiger partial charge in [-0.3, -0.25) is 0 Å². The normalized spacial score (nSPS) is 40.3. The summed E-state index contributed by atoms with van der Waals surface area (Å²) in [5.41, 5.74) is 5.03. The van der Waals surface area contributed by atoms with Crippen molar-refractivity contribution in [2.45, 2.75) is 55.4 Å². The standard InChI is InChI=1S/C28H36BN3/c1-2-8-19(9-3-1)29-24-13-5-4-12-22(24)28(23-14-17-30-18-25(23)29)26-20(10-6-15-31-26)21-11-7-16-32-27(21)28/h1-5,8-9,12-13,20-21,23,25-27,30-32H,6-7,10-11,14-18H2. The largest absolute Gasteiger partial charge is 0.317 e. The fourth-order valence-corrected chi connectivity index (χ4v) is 9.29. The van der Waals surface area contributed by atoms with Crippen LogP contribution in [0.4, 0.5) is 0 Å². The fourth-order valence-electron chi connectivity index (χ4n) is 9.29. The summed E-state index contributed by atoms with van der Waals surface area (Å²) in [5, 5.41) is 12.2. The summed E-state index contributed by atoms with van der Waals surface area (Å²) in [6.07, 6.45) is 6.84. The Morgan fingerprint density at radius 2 is 1.44 bits per heavy atom. The molecule has 2 aromatic carbocycles. The highest BCUT2D eigenvalue weighted by atomic mass is 15.1. The second-order valence-corrected chi connectivity index (χ2v) is 11.1. The lowest BCUT2D eigenvalue weighted by atomic mass is 9.25. The molecule has 0 bridgehead atoms. The van der Waals surface area contributed by atoms with Gasteiger partial charge in [-0.1, -0.05) is 65.5 Å². The van der Waals surface area contributed by atoms with E-state index >= 15 is 0 Å². The predicted molar refractivity (Wildman–Crippen MR) is 133 cm³/mol. The van der Waals surface area contributed by atoms with Crippen molar-refractivity contribution in [3.05, 3.63) is 60.2 Å². The molecule has 7 rings (SSSR count). The van der Waals surface area contributed by atoms with E-state index in [1.807, 2.05) is 0 Å². The average molecular weight is 425 g/mol. The first kappa shape index (κ1) is 19.8. The van der Waals surface area contributed by atoms with Crippen LogP contribution in [0.5, 0.6) is 0 Å². The zero-order valence-electron chi connectivity index (χ0n) is 19.1. The van der Waals surface area contributed by atoms with Gasteiger partial charge in [-0.2, -0.15) is 0 Å². The van der Waals surface area contributed by atoms with Crippen molar-refractivity contribution in [1.82, 2.24) is 16.0 Å². The number of fused-ring (bicyclic) bond motifs is 9. The van der Waals surface area contributed by atoms with E-state index in [2.05, 4.69) is 70.5 Å². The maximum atomic E-state index is 4.17. The summed E-state index contributed by atoms with van der Waals surface area (Å²) >= 11 is 0. The van der Waals surface area contributed by atoms with Crippen molar-refractivity contribution in [3.63, 3.8) is 0 Å². The van der Waals surface area contributed by atoms with E-state index in [-0.39, 0.29) is 5.41 Å². The van der Waals surface area contributed by atoms with Crippen LogP contribution in [0, 0.1) is 17.8 Å². The van der Waals surface area contributed by atoms with Crippen molar-refractivity contribution in [3.8, 4) is 0 Å². The molecule has 6 unspecified atom stereocenters. The van der Waals surface area contributed by atoms with Crippen LogP contribution in [-0.2, 0) is 5.41 Å². The van der Waals surface area contributed by atoms with Crippen molar-refractivity contribution >= 4 is 17.6 Å². The van der Waals surface area contributed by atoms with Gasteiger partial charge in [-0.15, -0.1) is 0 Å². The van der Waals surface area contributed by atoms with Crippen LogP contribution in [0.25, 0.3) is 0 Å². The van der Waals surface area contributed by atoms with E-state index in [0.717, 1.165) is 24.3 Å². The molecule has 1 spiro atoms. The molecule has 0 amide bonds.